The lowest BCUT2D eigenvalue weighted by Gasteiger charge is -2.29. The third kappa shape index (κ3) is 52.9. The molecule has 2 N–H and O–H groups in total. The van der Waals surface area contributed by atoms with Crippen LogP contribution in [-0.4, -0.2) is 68.5 Å². The summed E-state index contributed by atoms with van der Waals surface area (Å²) in [5.41, 5.74) is 0. The number of rotatable bonds is 55. The van der Waals surface area contributed by atoms with Gasteiger partial charge >= 0.3 is 0 Å². The fraction of sp³-hybridized carbons (Fsp3) is 0.948. The average Bonchev–Trinajstić information content (AvgIpc) is 3.29. The minimum atomic E-state index is -4.59. The van der Waals surface area contributed by atoms with Crippen molar-refractivity contribution in [3.63, 3.8) is 0 Å². The summed E-state index contributed by atoms with van der Waals surface area (Å²) >= 11 is 0. The van der Waals surface area contributed by atoms with Crippen LogP contribution in [0.5, 0.6) is 0 Å². The van der Waals surface area contributed by atoms with E-state index in [4.69, 9.17) is 9.05 Å². The van der Waals surface area contributed by atoms with Crippen LogP contribution in [0.25, 0.3) is 0 Å². The lowest BCUT2D eigenvalue weighted by Crippen LogP contribution is -2.45. The van der Waals surface area contributed by atoms with Gasteiger partial charge in [-0.25, -0.2) is 0 Å². The predicted molar refractivity (Wildman–Crippen MR) is 289 cm³/mol. The topological polar surface area (TPSA) is 108 Å². The Bertz CT molecular complexity index is 1100. The number of unbranched alkanes of at least 4 members (excludes halogenated alkanes) is 42. The van der Waals surface area contributed by atoms with Crippen molar-refractivity contribution in [3.8, 4) is 0 Å². The zero-order chi connectivity index (χ0) is 49.2. The van der Waals surface area contributed by atoms with Crippen molar-refractivity contribution in [2.45, 2.75) is 315 Å². The molecule has 0 saturated carbocycles. The number of carbonyl (C=O) groups is 1. The van der Waals surface area contributed by atoms with Gasteiger partial charge in [0.15, 0.2) is 0 Å². The minimum absolute atomic E-state index is 0.00249. The SMILES string of the molecule is CCCCCCCCCCCCCC/C=C/C(O)C(COP(=O)([O-])OCC[N+](C)(C)C)NC(=O)CCCCCCCCCCCCCCCCCCCCCCCCCCCCCCCCC. The minimum Gasteiger partial charge on any atom is -0.756 e. The van der Waals surface area contributed by atoms with E-state index < -0.39 is 20.0 Å². The molecular formula is C58H117N2O6P. The molecule has 0 spiro atoms. The third-order valence-corrected chi connectivity index (χ3v) is 14.7. The number of allylic oxidation sites excluding steroid dienone is 1. The first kappa shape index (κ1) is 66.2. The Balaban J connectivity index is 4.00. The summed E-state index contributed by atoms with van der Waals surface area (Å²) in [5.74, 6) is -0.191. The molecule has 9 heteroatoms. The van der Waals surface area contributed by atoms with Gasteiger partial charge in [-0.05, 0) is 19.3 Å². The molecular weight excluding hydrogens is 852 g/mol. The van der Waals surface area contributed by atoms with Gasteiger partial charge in [0.25, 0.3) is 7.82 Å². The van der Waals surface area contributed by atoms with E-state index in [1.165, 1.54) is 244 Å². The van der Waals surface area contributed by atoms with Gasteiger partial charge in [-0.3, -0.25) is 9.36 Å². The number of carbonyl (C=O) groups excluding carboxylic acids is 1. The molecule has 0 heterocycles. The smallest absolute Gasteiger partial charge is 0.268 e. The van der Waals surface area contributed by atoms with Crippen LogP contribution in [0.3, 0.4) is 0 Å². The molecule has 3 unspecified atom stereocenters. The monoisotopic (exact) mass is 969 g/mol. The second-order valence-corrected chi connectivity index (χ2v) is 23.1. The van der Waals surface area contributed by atoms with Crippen LogP contribution in [0.2, 0.25) is 0 Å². The van der Waals surface area contributed by atoms with Gasteiger partial charge in [-0.15, -0.1) is 0 Å². The first-order valence-corrected chi connectivity index (χ1v) is 31.0. The molecule has 0 aromatic carbocycles. The summed E-state index contributed by atoms with van der Waals surface area (Å²) in [4.78, 5) is 25.5. The molecule has 0 aliphatic carbocycles. The number of aliphatic hydroxyl groups is 1. The number of amides is 1. The van der Waals surface area contributed by atoms with Crippen LogP contribution in [0.1, 0.15) is 303 Å². The van der Waals surface area contributed by atoms with Gasteiger partial charge < -0.3 is 28.8 Å². The first-order chi connectivity index (χ1) is 32.5. The Hall–Kier alpha value is -0.760. The highest BCUT2D eigenvalue weighted by molar-refractivity contribution is 7.45. The number of hydrogen-bond donors (Lipinski definition) is 2. The lowest BCUT2D eigenvalue weighted by atomic mass is 10.0. The van der Waals surface area contributed by atoms with Crippen molar-refractivity contribution >= 4 is 13.7 Å². The molecule has 67 heavy (non-hydrogen) atoms. The highest BCUT2D eigenvalue weighted by Gasteiger charge is 2.23. The van der Waals surface area contributed by atoms with Crippen molar-refractivity contribution < 1.29 is 32.9 Å². The summed E-state index contributed by atoms with van der Waals surface area (Å²) in [6.07, 6.45) is 61.6. The van der Waals surface area contributed by atoms with Crippen molar-refractivity contribution in [3.05, 3.63) is 12.2 Å². The number of phosphoric ester groups is 1. The van der Waals surface area contributed by atoms with Gasteiger partial charge in [0.2, 0.25) is 5.91 Å². The Morgan fingerprint density at radius 2 is 0.806 bits per heavy atom. The highest BCUT2D eigenvalue weighted by Crippen LogP contribution is 2.38. The van der Waals surface area contributed by atoms with Crippen molar-refractivity contribution in [2.24, 2.45) is 0 Å². The second kappa shape index (κ2) is 50.2. The van der Waals surface area contributed by atoms with E-state index in [1.807, 2.05) is 27.2 Å². The quantitative estimate of drug-likeness (QED) is 0.0272. The zero-order valence-electron chi connectivity index (χ0n) is 45.6. The number of likely N-dealkylation sites (N-methyl/N-ethyl adjacent to an activating group) is 1. The van der Waals surface area contributed by atoms with Crippen molar-refractivity contribution in [1.82, 2.24) is 5.32 Å². The van der Waals surface area contributed by atoms with Crippen molar-refractivity contribution in [1.29, 1.82) is 0 Å². The first-order valence-electron chi connectivity index (χ1n) is 29.6. The van der Waals surface area contributed by atoms with Crippen LogP contribution in [0.4, 0.5) is 0 Å². The van der Waals surface area contributed by atoms with E-state index >= 15 is 0 Å². The summed E-state index contributed by atoms with van der Waals surface area (Å²) < 4.78 is 23.3. The van der Waals surface area contributed by atoms with Gasteiger partial charge in [-0.1, -0.05) is 289 Å². The van der Waals surface area contributed by atoms with Gasteiger partial charge in [0, 0.05) is 6.42 Å². The molecule has 1 amide bonds. The number of aliphatic hydroxyl groups excluding tert-OH is 1. The summed E-state index contributed by atoms with van der Waals surface area (Å²) in [5, 5.41) is 13.9. The maximum Gasteiger partial charge on any atom is 0.268 e. The Morgan fingerprint density at radius 3 is 1.12 bits per heavy atom. The molecule has 8 nitrogen and oxygen atoms in total. The number of hydrogen-bond acceptors (Lipinski definition) is 6. The standard InChI is InChI=1S/C58H117N2O6P/c1-6-8-10-12-14-16-18-20-22-23-24-25-26-27-28-29-30-31-32-33-34-35-36-37-38-40-42-44-46-48-50-52-58(62)59-56(55-66-67(63,64)65-54-53-60(3,4)5)57(61)51-49-47-45-43-41-39-21-19-17-15-13-11-9-7-2/h49,51,56-57,61H,6-48,50,52-55H2,1-5H3,(H-,59,62,63,64)/b51-49+. The Labute approximate surface area is 418 Å². The Morgan fingerprint density at radius 1 is 0.507 bits per heavy atom. The van der Waals surface area contributed by atoms with Crippen LogP contribution >= 0.6 is 7.82 Å². The molecule has 0 bridgehead atoms. The summed E-state index contributed by atoms with van der Waals surface area (Å²) in [7, 11) is 1.28. The van der Waals surface area contributed by atoms with E-state index in [-0.39, 0.29) is 19.1 Å². The molecule has 400 valence electrons. The van der Waals surface area contributed by atoms with Gasteiger partial charge in [-0.2, -0.15) is 0 Å². The predicted octanol–water partition coefficient (Wildman–Crippen LogP) is 17.2. The molecule has 0 radical (unpaired) electrons. The van der Waals surface area contributed by atoms with E-state index in [9.17, 15) is 19.4 Å². The maximum atomic E-state index is 12.9. The van der Waals surface area contributed by atoms with Crippen LogP contribution < -0.4 is 10.2 Å². The van der Waals surface area contributed by atoms with Crippen LogP contribution in [0, 0.1) is 0 Å². The highest BCUT2D eigenvalue weighted by atomic mass is 31.2. The maximum absolute atomic E-state index is 12.9. The fourth-order valence-electron chi connectivity index (χ4n) is 9.10. The third-order valence-electron chi connectivity index (χ3n) is 13.7. The van der Waals surface area contributed by atoms with Crippen molar-refractivity contribution in [2.75, 3.05) is 40.9 Å². The van der Waals surface area contributed by atoms with Gasteiger partial charge in [0.05, 0.1) is 39.9 Å². The molecule has 0 aliphatic heterocycles. The number of phosphoric acid groups is 1. The molecule has 0 saturated heterocycles. The van der Waals surface area contributed by atoms with Crippen LogP contribution in [-0.2, 0) is 18.4 Å². The molecule has 0 aromatic rings. The van der Waals surface area contributed by atoms with E-state index in [0.29, 0.717) is 17.4 Å². The lowest BCUT2D eigenvalue weighted by molar-refractivity contribution is -0.870. The molecule has 0 aromatic heterocycles. The fourth-order valence-corrected chi connectivity index (χ4v) is 9.82. The zero-order valence-corrected chi connectivity index (χ0v) is 46.5. The van der Waals surface area contributed by atoms with E-state index in [2.05, 4.69) is 19.2 Å². The number of nitrogens with zero attached hydrogens (tertiary/aromatic N) is 1. The van der Waals surface area contributed by atoms with E-state index in [1.54, 1.807) is 6.08 Å². The normalized spacial score (nSPS) is 14.0. The Kier molecular flexibility index (Phi) is 49.6. The van der Waals surface area contributed by atoms with Gasteiger partial charge in [0.1, 0.15) is 13.2 Å². The summed E-state index contributed by atoms with van der Waals surface area (Å²) in [6, 6.07) is -0.881. The number of quaternary nitrogens is 1. The average molecular weight is 970 g/mol. The molecule has 0 aliphatic rings. The largest absolute Gasteiger partial charge is 0.756 e. The molecule has 0 rings (SSSR count). The molecule has 0 fully saturated rings. The summed E-state index contributed by atoms with van der Waals surface area (Å²) in [6.45, 7) is 4.69. The second-order valence-electron chi connectivity index (χ2n) is 21.7. The van der Waals surface area contributed by atoms with Crippen LogP contribution in [0.15, 0.2) is 12.2 Å². The van der Waals surface area contributed by atoms with E-state index in [0.717, 1.165) is 38.5 Å². The molecule has 3 atom stereocenters. The number of nitrogens with one attached hydrogen (secondary N) is 1.